The lowest BCUT2D eigenvalue weighted by Gasteiger charge is -2.27. The van der Waals surface area contributed by atoms with Crippen LogP contribution in [0, 0.1) is 5.82 Å². The van der Waals surface area contributed by atoms with E-state index in [2.05, 4.69) is 10.3 Å². The van der Waals surface area contributed by atoms with E-state index in [9.17, 15) is 22.4 Å². The van der Waals surface area contributed by atoms with E-state index in [1.54, 1.807) is 28.8 Å². The molecule has 0 atom stereocenters. The van der Waals surface area contributed by atoms with Gasteiger partial charge in [-0.2, -0.15) is 13.2 Å². The Hall–Kier alpha value is -3.14. The number of benzene rings is 1. The average molecular weight is 422 g/mol. The van der Waals surface area contributed by atoms with Gasteiger partial charge in [0.2, 0.25) is 0 Å². The second-order valence-corrected chi connectivity index (χ2v) is 6.93. The predicted molar refractivity (Wildman–Crippen MR) is 102 cm³/mol. The fourth-order valence-electron chi connectivity index (χ4n) is 3.43. The number of aromatic nitrogens is 2. The number of ether oxygens (including phenoxy) is 1. The molecule has 0 bridgehead atoms. The molecule has 1 aromatic carbocycles. The number of hydrogen-bond acceptors (Lipinski definition) is 4. The Bertz CT molecular complexity index is 1100. The predicted octanol–water partition coefficient (Wildman–Crippen LogP) is 3.95. The van der Waals surface area contributed by atoms with Crippen molar-refractivity contribution >= 4 is 28.3 Å². The molecule has 0 spiro atoms. The zero-order valence-corrected chi connectivity index (χ0v) is 16.0. The van der Waals surface area contributed by atoms with Crippen LogP contribution in [0.3, 0.4) is 0 Å². The summed E-state index contributed by atoms with van der Waals surface area (Å²) in [6.45, 7) is 1.81. The fraction of sp³-hybridized carbons (Fsp3) is 0.300. The lowest BCUT2D eigenvalue weighted by molar-refractivity contribution is -0.137. The van der Waals surface area contributed by atoms with Gasteiger partial charge in [-0.1, -0.05) is 0 Å². The Labute approximate surface area is 169 Å². The number of rotatable bonds is 3. The highest BCUT2D eigenvalue weighted by Crippen LogP contribution is 2.34. The van der Waals surface area contributed by atoms with Crippen molar-refractivity contribution in [1.29, 1.82) is 0 Å². The Morgan fingerprint density at radius 3 is 2.63 bits per heavy atom. The monoisotopic (exact) mass is 422 g/mol. The lowest BCUT2D eigenvalue weighted by Crippen LogP contribution is -2.40. The third kappa shape index (κ3) is 3.70. The highest BCUT2D eigenvalue weighted by molar-refractivity contribution is 6.08. The van der Waals surface area contributed by atoms with Crippen molar-refractivity contribution in [3.63, 3.8) is 0 Å². The Morgan fingerprint density at radius 1 is 1.20 bits per heavy atom. The zero-order chi connectivity index (χ0) is 21.5. The van der Waals surface area contributed by atoms with Crippen LogP contribution in [0.4, 0.5) is 29.1 Å². The van der Waals surface area contributed by atoms with Crippen molar-refractivity contribution in [2.45, 2.75) is 6.18 Å². The number of pyridine rings is 1. The number of anilines is 2. The SMILES string of the molecule is Cn1ccc2c(Nc3cc(C(F)(F)F)ccc3F)ncc(C(=O)N3CCOCC3)c21. The first-order chi connectivity index (χ1) is 14.3. The summed E-state index contributed by atoms with van der Waals surface area (Å²) in [6, 6.07) is 3.80. The molecule has 3 heterocycles. The first-order valence-corrected chi connectivity index (χ1v) is 9.20. The number of amides is 1. The third-order valence-corrected chi connectivity index (χ3v) is 4.98. The van der Waals surface area contributed by atoms with Gasteiger partial charge in [-0.3, -0.25) is 4.79 Å². The van der Waals surface area contributed by atoms with Crippen LogP contribution in [-0.2, 0) is 18.0 Å². The minimum absolute atomic E-state index is 0.155. The summed E-state index contributed by atoms with van der Waals surface area (Å²) < 4.78 is 60.1. The molecule has 1 N–H and O–H groups in total. The highest BCUT2D eigenvalue weighted by atomic mass is 19.4. The van der Waals surface area contributed by atoms with Crippen LogP contribution >= 0.6 is 0 Å². The van der Waals surface area contributed by atoms with E-state index in [0.717, 1.165) is 6.07 Å². The summed E-state index contributed by atoms with van der Waals surface area (Å²) in [6.07, 6.45) is -1.54. The number of aryl methyl sites for hydroxylation is 1. The van der Waals surface area contributed by atoms with Gasteiger partial charge in [0.15, 0.2) is 0 Å². The minimum Gasteiger partial charge on any atom is -0.378 e. The standard InChI is InChI=1S/C20H18F4N4O2/c1-27-5-4-13-17(27)14(19(29)28-6-8-30-9-7-28)11-25-18(13)26-16-10-12(20(22,23)24)2-3-15(16)21/h2-5,10-11H,6-9H2,1H3,(H,25,26). The topological polar surface area (TPSA) is 59.4 Å². The van der Waals surface area contributed by atoms with E-state index >= 15 is 0 Å². The van der Waals surface area contributed by atoms with Crippen LogP contribution in [0.5, 0.6) is 0 Å². The van der Waals surface area contributed by atoms with Crippen molar-refractivity contribution < 1.29 is 27.1 Å². The molecule has 0 radical (unpaired) electrons. The highest BCUT2D eigenvalue weighted by Gasteiger charge is 2.31. The van der Waals surface area contributed by atoms with Gasteiger partial charge in [-0.25, -0.2) is 9.37 Å². The molecule has 158 valence electrons. The van der Waals surface area contributed by atoms with E-state index in [4.69, 9.17) is 4.74 Å². The molecule has 1 amide bonds. The van der Waals surface area contributed by atoms with E-state index in [1.807, 2.05) is 0 Å². The molecule has 10 heteroatoms. The number of alkyl halides is 3. The minimum atomic E-state index is -4.60. The van der Waals surface area contributed by atoms with Crippen molar-refractivity contribution in [2.24, 2.45) is 7.05 Å². The molecule has 1 saturated heterocycles. The Balaban J connectivity index is 1.73. The van der Waals surface area contributed by atoms with Gasteiger partial charge in [-0.15, -0.1) is 0 Å². The summed E-state index contributed by atoms with van der Waals surface area (Å²) in [5.74, 6) is -0.904. The average Bonchev–Trinajstić information content (AvgIpc) is 3.11. The Morgan fingerprint density at radius 2 is 1.93 bits per heavy atom. The second kappa shape index (κ2) is 7.60. The van der Waals surface area contributed by atoms with Crippen LogP contribution in [0.1, 0.15) is 15.9 Å². The van der Waals surface area contributed by atoms with Crippen LogP contribution in [0.15, 0.2) is 36.7 Å². The van der Waals surface area contributed by atoms with Gasteiger partial charge in [0.25, 0.3) is 5.91 Å². The second-order valence-electron chi connectivity index (χ2n) is 6.93. The summed E-state index contributed by atoms with van der Waals surface area (Å²) in [7, 11) is 1.74. The first-order valence-electron chi connectivity index (χ1n) is 9.20. The zero-order valence-electron chi connectivity index (χ0n) is 16.0. The van der Waals surface area contributed by atoms with Crippen LogP contribution in [0.2, 0.25) is 0 Å². The number of hydrogen-bond donors (Lipinski definition) is 1. The maximum Gasteiger partial charge on any atom is 0.416 e. The molecule has 1 aliphatic heterocycles. The van der Waals surface area contributed by atoms with Gasteiger partial charge in [-0.05, 0) is 24.3 Å². The molecule has 3 aromatic rings. The molecule has 2 aromatic heterocycles. The molecule has 4 rings (SSSR count). The molecule has 0 saturated carbocycles. The lowest BCUT2D eigenvalue weighted by atomic mass is 10.1. The largest absolute Gasteiger partial charge is 0.416 e. The van der Waals surface area contributed by atoms with Crippen LogP contribution in [-0.4, -0.2) is 46.7 Å². The van der Waals surface area contributed by atoms with Gasteiger partial charge in [0.05, 0.1) is 35.5 Å². The molecule has 6 nitrogen and oxygen atoms in total. The molecule has 0 unspecified atom stereocenters. The summed E-state index contributed by atoms with van der Waals surface area (Å²) in [5.41, 5.74) is -0.421. The first kappa shape index (κ1) is 20.1. The van der Waals surface area contributed by atoms with Crippen LogP contribution < -0.4 is 5.32 Å². The van der Waals surface area contributed by atoms with Crippen molar-refractivity contribution in [2.75, 3.05) is 31.6 Å². The van der Waals surface area contributed by atoms with Crippen molar-refractivity contribution in [3.05, 3.63) is 53.6 Å². The summed E-state index contributed by atoms with van der Waals surface area (Å²) >= 11 is 0. The smallest absolute Gasteiger partial charge is 0.378 e. The van der Waals surface area contributed by atoms with Crippen molar-refractivity contribution in [3.8, 4) is 0 Å². The quantitative estimate of drug-likeness (QED) is 0.650. The summed E-state index contributed by atoms with van der Waals surface area (Å²) in [5, 5.41) is 3.14. The molecule has 1 aliphatic rings. The van der Waals surface area contributed by atoms with Crippen molar-refractivity contribution in [1.82, 2.24) is 14.5 Å². The van der Waals surface area contributed by atoms with E-state index in [0.29, 0.717) is 54.9 Å². The number of nitrogens with zero attached hydrogens (tertiary/aromatic N) is 3. The number of carbonyl (C=O) groups excluding carboxylic acids is 1. The van der Waals surface area contributed by atoms with Gasteiger partial charge < -0.3 is 19.5 Å². The van der Waals surface area contributed by atoms with Gasteiger partial charge in [0.1, 0.15) is 11.6 Å². The van der Waals surface area contributed by atoms with Gasteiger partial charge in [0, 0.05) is 37.9 Å². The molecule has 1 fully saturated rings. The number of nitrogens with one attached hydrogen (secondary N) is 1. The molecular weight excluding hydrogens is 404 g/mol. The van der Waals surface area contributed by atoms with E-state index in [-0.39, 0.29) is 17.4 Å². The molecule has 30 heavy (non-hydrogen) atoms. The number of morpholine rings is 1. The number of carbonyl (C=O) groups is 1. The number of fused-ring (bicyclic) bond motifs is 1. The van der Waals surface area contributed by atoms with Crippen LogP contribution in [0.25, 0.3) is 10.9 Å². The normalized spacial score (nSPS) is 14.9. The maximum atomic E-state index is 14.2. The molecule has 0 aliphatic carbocycles. The van der Waals surface area contributed by atoms with E-state index in [1.165, 1.54) is 6.20 Å². The Kier molecular flexibility index (Phi) is 5.10. The van der Waals surface area contributed by atoms with Gasteiger partial charge >= 0.3 is 6.18 Å². The maximum absolute atomic E-state index is 14.2. The molecular formula is C20H18F4N4O2. The van der Waals surface area contributed by atoms with E-state index < -0.39 is 17.6 Å². The number of halogens is 4. The summed E-state index contributed by atoms with van der Waals surface area (Å²) in [4.78, 5) is 18.8. The fourth-order valence-corrected chi connectivity index (χ4v) is 3.43. The third-order valence-electron chi connectivity index (χ3n) is 4.98.